The molecule has 0 unspecified atom stereocenters. The fourth-order valence-electron chi connectivity index (χ4n) is 3.29. The summed E-state index contributed by atoms with van der Waals surface area (Å²) in [5, 5.41) is 0. The number of rotatable bonds is 5. The molecule has 0 aliphatic carbocycles. The van der Waals surface area contributed by atoms with Crippen molar-refractivity contribution in [2.45, 2.75) is 47.0 Å². The van der Waals surface area contributed by atoms with E-state index in [-0.39, 0.29) is 11.7 Å². The minimum absolute atomic E-state index is 0.0843. The molecule has 1 aliphatic rings. The minimum Gasteiger partial charge on any atom is -0.341 e. The fraction of sp³-hybridized carbons (Fsp3) is 0.632. The lowest BCUT2D eigenvalue weighted by Gasteiger charge is -2.22. The van der Waals surface area contributed by atoms with Gasteiger partial charge in [-0.25, -0.2) is 12.7 Å². The maximum absolute atomic E-state index is 12.7. The van der Waals surface area contributed by atoms with Crippen LogP contribution in [0.25, 0.3) is 0 Å². The first kappa shape index (κ1) is 19.9. The van der Waals surface area contributed by atoms with Gasteiger partial charge in [0.1, 0.15) is 0 Å². The molecule has 0 N–H and O–H groups in total. The summed E-state index contributed by atoms with van der Waals surface area (Å²) in [6, 6.07) is 4.22. The zero-order valence-corrected chi connectivity index (χ0v) is 16.7. The van der Waals surface area contributed by atoms with Gasteiger partial charge in [0.05, 0.1) is 12.2 Å². The standard InChI is InChI=1S/C19H30N2O3S/c1-5-11-25(23,24)21-8-6-7-20(9-10-21)19(22)14-18-13-16(3)15(2)12-17(18)4/h12-13H,5-11,14H2,1-4H3. The van der Waals surface area contributed by atoms with Gasteiger partial charge in [0.15, 0.2) is 0 Å². The molecular formula is C19H30N2O3S. The predicted molar refractivity (Wildman–Crippen MR) is 101 cm³/mol. The Kier molecular flexibility index (Phi) is 6.63. The molecule has 0 atom stereocenters. The van der Waals surface area contributed by atoms with Crippen LogP contribution in [0.1, 0.15) is 42.0 Å². The van der Waals surface area contributed by atoms with Gasteiger partial charge < -0.3 is 4.90 Å². The van der Waals surface area contributed by atoms with Crippen LogP contribution in [0.15, 0.2) is 12.1 Å². The SMILES string of the molecule is CCCS(=O)(=O)N1CCCN(C(=O)Cc2cc(C)c(C)cc2C)CC1. The van der Waals surface area contributed by atoms with Crippen LogP contribution in [0.5, 0.6) is 0 Å². The summed E-state index contributed by atoms with van der Waals surface area (Å²) in [5.41, 5.74) is 4.63. The minimum atomic E-state index is -3.19. The maximum Gasteiger partial charge on any atom is 0.227 e. The predicted octanol–water partition coefficient (Wildman–Crippen LogP) is 2.43. The molecule has 0 radical (unpaired) electrons. The smallest absolute Gasteiger partial charge is 0.227 e. The van der Waals surface area contributed by atoms with Gasteiger partial charge in [-0.05, 0) is 55.9 Å². The number of aryl methyl sites for hydroxylation is 3. The van der Waals surface area contributed by atoms with E-state index in [9.17, 15) is 13.2 Å². The normalized spacial score (nSPS) is 16.7. The van der Waals surface area contributed by atoms with Crippen LogP contribution in [0, 0.1) is 20.8 Å². The zero-order valence-electron chi connectivity index (χ0n) is 15.8. The second kappa shape index (κ2) is 8.32. The number of nitrogens with zero attached hydrogens (tertiary/aromatic N) is 2. The van der Waals surface area contributed by atoms with Crippen LogP contribution in [-0.2, 0) is 21.2 Å². The average Bonchev–Trinajstić information content (AvgIpc) is 2.79. The largest absolute Gasteiger partial charge is 0.341 e. The van der Waals surface area contributed by atoms with E-state index < -0.39 is 10.0 Å². The molecule has 1 heterocycles. The molecule has 2 rings (SSSR count). The molecule has 1 amide bonds. The van der Waals surface area contributed by atoms with E-state index in [1.54, 1.807) is 4.31 Å². The Balaban J connectivity index is 2.03. The van der Waals surface area contributed by atoms with Gasteiger partial charge in [-0.2, -0.15) is 0 Å². The lowest BCUT2D eigenvalue weighted by molar-refractivity contribution is -0.130. The highest BCUT2D eigenvalue weighted by Gasteiger charge is 2.26. The highest BCUT2D eigenvalue weighted by Crippen LogP contribution is 2.17. The average molecular weight is 367 g/mol. The van der Waals surface area contributed by atoms with E-state index in [0.29, 0.717) is 45.4 Å². The third-order valence-electron chi connectivity index (χ3n) is 4.96. The van der Waals surface area contributed by atoms with Gasteiger partial charge in [-0.15, -0.1) is 0 Å². The summed E-state index contributed by atoms with van der Waals surface area (Å²) >= 11 is 0. The lowest BCUT2D eigenvalue weighted by atomic mass is 9.98. The van der Waals surface area contributed by atoms with Gasteiger partial charge in [0, 0.05) is 26.2 Å². The Morgan fingerprint density at radius 2 is 1.68 bits per heavy atom. The van der Waals surface area contributed by atoms with Crippen molar-refractivity contribution in [3.63, 3.8) is 0 Å². The first-order valence-electron chi connectivity index (χ1n) is 9.07. The van der Waals surface area contributed by atoms with Crippen molar-refractivity contribution in [1.29, 1.82) is 0 Å². The topological polar surface area (TPSA) is 57.7 Å². The summed E-state index contributed by atoms with van der Waals surface area (Å²) in [6.45, 7) is 10.1. The number of benzene rings is 1. The second-order valence-electron chi connectivity index (χ2n) is 6.99. The van der Waals surface area contributed by atoms with E-state index in [4.69, 9.17) is 0 Å². The molecule has 6 heteroatoms. The summed E-state index contributed by atoms with van der Waals surface area (Å²) in [5.74, 6) is 0.268. The number of amides is 1. The molecule has 25 heavy (non-hydrogen) atoms. The van der Waals surface area contributed by atoms with Gasteiger partial charge in [-0.1, -0.05) is 19.1 Å². The van der Waals surface area contributed by atoms with Crippen LogP contribution in [0.3, 0.4) is 0 Å². The number of hydrogen-bond acceptors (Lipinski definition) is 3. The number of carbonyl (C=O) groups is 1. The van der Waals surface area contributed by atoms with E-state index in [2.05, 4.69) is 26.0 Å². The molecule has 0 saturated carbocycles. The van der Waals surface area contributed by atoms with Crippen molar-refractivity contribution in [3.05, 3.63) is 34.4 Å². The number of carbonyl (C=O) groups excluding carboxylic acids is 1. The van der Waals surface area contributed by atoms with E-state index >= 15 is 0 Å². The van der Waals surface area contributed by atoms with Crippen LogP contribution < -0.4 is 0 Å². The highest BCUT2D eigenvalue weighted by molar-refractivity contribution is 7.89. The molecular weight excluding hydrogens is 336 g/mol. The molecule has 0 bridgehead atoms. The van der Waals surface area contributed by atoms with E-state index in [0.717, 1.165) is 11.1 Å². The Morgan fingerprint density at radius 1 is 1.00 bits per heavy atom. The molecule has 1 aliphatic heterocycles. The van der Waals surface area contributed by atoms with Crippen molar-refractivity contribution < 1.29 is 13.2 Å². The molecule has 1 saturated heterocycles. The molecule has 0 aromatic heterocycles. The van der Waals surface area contributed by atoms with Gasteiger partial charge in [0.25, 0.3) is 0 Å². The van der Waals surface area contributed by atoms with Crippen LogP contribution in [-0.4, -0.2) is 55.5 Å². The second-order valence-corrected chi connectivity index (χ2v) is 9.08. The first-order chi connectivity index (χ1) is 11.7. The highest BCUT2D eigenvalue weighted by atomic mass is 32.2. The summed E-state index contributed by atoms with van der Waals surface area (Å²) in [6.07, 6.45) is 1.70. The maximum atomic E-state index is 12.7. The van der Waals surface area contributed by atoms with Crippen molar-refractivity contribution in [3.8, 4) is 0 Å². The van der Waals surface area contributed by atoms with Crippen LogP contribution in [0.2, 0.25) is 0 Å². The van der Waals surface area contributed by atoms with Crippen molar-refractivity contribution in [2.24, 2.45) is 0 Å². The Bertz CT molecular complexity index is 728. The summed E-state index contributed by atoms with van der Waals surface area (Å²) in [4.78, 5) is 14.5. The Morgan fingerprint density at radius 3 is 2.36 bits per heavy atom. The van der Waals surface area contributed by atoms with Crippen molar-refractivity contribution in [2.75, 3.05) is 31.9 Å². The molecule has 140 valence electrons. The quantitative estimate of drug-likeness (QED) is 0.804. The van der Waals surface area contributed by atoms with Crippen molar-refractivity contribution in [1.82, 2.24) is 9.21 Å². The fourth-order valence-corrected chi connectivity index (χ4v) is 4.84. The van der Waals surface area contributed by atoms with Gasteiger partial charge in [0.2, 0.25) is 15.9 Å². The Labute approximate surface area is 152 Å². The summed E-state index contributed by atoms with van der Waals surface area (Å²) < 4.78 is 26.0. The lowest BCUT2D eigenvalue weighted by Crippen LogP contribution is -2.38. The third kappa shape index (κ3) is 5.05. The van der Waals surface area contributed by atoms with E-state index in [1.165, 1.54) is 11.1 Å². The van der Waals surface area contributed by atoms with Crippen LogP contribution in [0.4, 0.5) is 0 Å². The van der Waals surface area contributed by atoms with Crippen molar-refractivity contribution >= 4 is 15.9 Å². The monoisotopic (exact) mass is 366 g/mol. The van der Waals surface area contributed by atoms with Gasteiger partial charge >= 0.3 is 0 Å². The Hall–Kier alpha value is -1.40. The molecule has 5 nitrogen and oxygen atoms in total. The van der Waals surface area contributed by atoms with Gasteiger partial charge in [-0.3, -0.25) is 4.79 Å². The van der Waals surface area contributed by atoms with E-state index in [1.807, 2.05) is 18.7 Å². The number of sulfonamides is 1. The molecule has 0 spiro atoms. The molecule has 1 aromatic rings. The first-order valence-corrected chi connectivity index (χ1v) is 10.7. The molecule has 1 aromatic carbocycles. The third-order valence-corrected chi connectivity index (χ3v) is 7.03. The zero-order chi connectivity index (χ0) is 18.6. The summed E-state index contributed by atoms with van der Waals surface area (Å²) in [7, 11) is -3.19. The number of hydrogen-bond donors (Lipinski definition) is 0. The van der Waals surface area contributed by atoms with Crippen LogP contribution >= 0.6 is 0 Å². The molecule has 1 fully saturated rings.